The highest BCUT2D eigenvalue weighted by Gasteiger charge is 2.07. The molecule has 6 N–H and O–H groups in total. The zero-order valence-electron chi connectivity index (χ0n) is 7.25. The van der Waals surface area contributed by atoms with Gasteiger partial charge in [0.25, 0.3) is 0 Å². The van der Waals surface area contributed by atoms with Crippen LogP contribution in [0.4, 0.5) is 5.69 Å². The number of nitrogens with two attached hydrogens (primary N) is 3. The second-order valence-electron chi connectivity index (χ2n) is 2.90. The lowest BCUT2D eigenvalue weighted by Crippen LogP contribution is -2.21. The highest BCUT2D eigenvalue weighted by atomic mass is 14.7. The average molecular weight is 165 g/mol. The Kier molecular flexibility index (Phi) is 2.68. The van der Waals surface area contributed by atoms with Crippen molar-refractivity contribution >= 4 is 5.69 Å². The van der Waals surface area contributed by atoms with Crippen LogP contribution in [0.3, 0.4) is 0 Å². The summed E-state index contributed by atoms with van der Waals surface area (Å²) in [5, 5.41) is 0. The predicted octanol–water partition coefficient (Wildman–Crippen LogP) is 0.536. The predicted molar refractivity (Wildman–Crippen MR) is 51.6 cm³/mol. The van der Waals surface area contributed by atoms with Crippen LogP contribution in [0, 0.1) is 6.92 Å². The minimum atomic E-state index is -0.103. The first-order valence-electron chi connectivity index (χ1n) is 3.97. The number of hydrogen-bond acceptors (Lipinski definition) is 3. The summed E-state index contributed by atoms with van der Waals surface area (Å²) >= 11 is 0. The van der Waals surface area contributed by atoms with Gasteiger partial charge in [-0.3, -0.25) is 0 Å². The van der Waals surface area contributed by atoms with E-state index in [9.17, 15) is 0 Å². The Morgan fingerprint density at radius 1 is 1.42 bits per heavy atom. The van der Waals surface area contributed by atoms with Crippen LogP contribution in [0.15, 0.2) is 18.2 Å². The van der Waals surface area contributed by atoms with E-state index in [1.807, 2.05) is 25.1 Å². The van der Waals surface area contributed by atoms with Gasteiger partial charge >= 0.3 is 0 Å². The summed E-state index contributed by atoms with van der Waals surface area (Å²) in [4.78, 5) is 0. The molecule has 0 saturated carbocycles. The molecule has 0 aromatic heterocycles. The first kappa shape index (κ1) is 9.03. The third kappa shape index (κ3) is 1.57. The second kappa shape index (κ2) is 3.56. The van der Waals surface area contributed by atoms with Crippen LogP contribution in [-0.2, 0) is 0 Å². The van der Waals surface area contributed by atoms with E-state index in [1.165, 1.54) is 0 Å². The van der Waals surface area contributed by atoms with Gasteiger partial charge in [-0.15, -0.1) is 0 Å². The van der Waals surface area contributed by atoms with Crippen LogP contribution in [0.1, 0.15) is 17.2 Å². The molecule has 0 heterocycles. The van der Waals surface area contributed by atoms with E-state index in [0.29, 0.717) is 6.54 Å². The summed E-state index contributed by atoms with van der Waals surface area (Å²) in [5.41, 5.74) is 19.8. The van der Waals surface area contributed by atoms with Crippen molar-refractivity contribution < 1.29 is 0 Å². The molecule has 0 bridgehead atoms. The highest BCUT2D eigenvalue weighted by Crippen LogP contribution is 2.19. The van der Waals surface area contributed by atoms with Crippen molar-refractivity contribution in [1.29, 1.82) is 0 Å². The standard InChI is InChI=1S/C9H15N3/c1-6-7(9(12)5-10)3-2-4-8(6)11/h2-4,9H,5,10-12H2,1H3. The van der Waals surface area contributed by atoms with E-state index in [0.717, 1.165) is 16.8 Å². The third-order valence-corrected chi connectivity index (χ3v) is 2.07. The van der Waals surface area contributed by atoms with Crippen molar-refractivity contribution in [2.75, 3.05) is 12.3 Å². The van der Waals surface area contributed by atoms with E-state index < -0.39 is 0 Å². The topological polar surface area (TPSA) is 78.1 Å². The monoisotopic (exact) mass is 165 g/mol. The van der Waals surface area contributed by atoms with Crippen LogP contribution in [0.25, 0.3) is 0 Å². The van der Waals surface area contributed by atoms with Crippen LogP contribution < -0.4 is 17.2 Å². The van der Waals surface area contributed by atoms with Crippen LogP contribution in [-0.4, -0.2) is 6.54 Å². The molecule has 1 aromatic rings. The van der Waals surface area contributed by atoms with Gasteiger partial charge in [0.05, 0.1) is 0 Å². The van der Waals surface area contributed by atoms with Crippen molar-refractivity contribution in [1.82, 2.24) is 0 Å². The zero-order chi connectivity index (χ0) is 9.14. The second-order valence-corrected chi connectivity index (χ2v) is 2.90. The van der Waals surface area contributed by atoms with Crippen molar-refractivity contribution in [3.8, 4) is 0 Å². The quantitative estimate of drug-likeness (QED) is 0.559. The van der Waals surface area contributed by atoms with E-state index >= 15 is 0 Å². The number of benzene rings is 1. The Morgan fingerprint density at radius 3 is 2.67 bits per heavy atom. The minimum absolute atomic E-state index is 0.103. The van der Waals surface area contributed by atoms with E-state index in [-0.39, 0.29) is 6.04 Å². The summed E-state index contributed by atoms with van der Waals surface area (Å²) in [7, 11) is 0. The largest absolute Gasteiger partial charge is 0.399 e. The molecular weight excluding hydrogens is 150 g/mol. The maximum atomic E-state index is 5.78. The molecule has 1 rings (SSSR count). The van der Waals surface area contributed by atoms with E-state index in [4.69, 9.17) is 17.2 Å². The Labute approximate surface area is 72.5 Å². The SMILES string of the molecule is Cc1c(N)cccc1C(N)CN. The molecule has 1 unspecified atom stereocenters. The number of nitrogen functional groups attached to an aromatic ring is 1. The first-order valence-corrected chi connectivity index (χ1v) is 3.97. The molecule has 0 saturated heterocycles. The van der Waals surface area contributed by atoms with Gasteiger partial charge in [0.15, 0.2) is 0 Å². The molecule has 0 fully saturated rings. The lowest BCUT2D eigenvalue weighted by atomic mass is 10.0. The van der Waals surface area contributed by atoms with Crippen molar-refractivity contribution in [2.45, 2.75) is 13.0 Å². The molecule has 0 radical (unpaired) electrons. The number of rotatable bonds is 2. The van der Waals surface area contributed by atoms with Crippen LogP contribution >= 0.6 is 0 Å². The number of hydrogen-bond donors (Lipinski definition) is 3. The van der Waals surface area contributed by atoms with Crippen molar-refractivity contribution in [3.05, 3.63) is 29.3 Å². The van der Waals surface area contributed by atoms with Crippen LogP contribution in [0.2, 0.25) is 0 Å². The molecular formula is C9H15N3. The van der Waals surface area contributed by atoms with Gasteiger partial charge in [-0.1, -0.05) is 12.1 Å². The Bertz CT molecular complexity index is 270. The van der Waals surface area contributed by atoms with Gasteiger partial charge < -0.3 is 17.2 Å². The van der Waals surface area contributed by atoms with Crippen molar-refractivity contribution in [3.63, 3.8) is 0 Å². The summed E-state index contributed by atoms with van der Waals surface area (Å²) in [5.74, 6) is 0. The molecule has 3 heteroatoms. The summed E-state index contributed by atoms with van der Waals surface area (Å²) in [6.45, 7) is 2.41. The molecule has 12 heavy (non-hydrogen) atoms. The molecule has 0 aliphatic carbocycles. The molecule has 1 atom stereocenters. The number of anilines is 1. The van der Waals surface area contributed by atoms with E-state index in [2.05, 4.69) is 0 Å². The zero-order valence-corrected chi connectivity index (χ0v) is 7.25. The molecule has 0 spiro atoms. The van der Waals surface area contributed by atoms with Gasteiger partial charge in [0.2, 0.25) is 0 Å². The summed E-state index contributed by atoms with van der Waals surface area (Å²) in [6, 6.07) is 5.62. The van der Waals surface area contributed by atoms with Gasteiger partial charge in [0, 0.05) is 18.3 Å². The molecule has 0 amide bonds. The first-order chi connectivity index (χ1) is 5.66. The highest BCUT2D eigenvalue weighted by molar-refractivity contribution is 5.50. The molecule has 3 nitrogen and oxygen atoms in total. The van der Waals surface area contributed by atoms with Crippen LogP contribution in [0.5, 0.6) is 0 Å². The maximum absolute atomic E-state index is 5.78. The van der Waals surface area contributed by atoms with Gasteiger partial charge in [-0.25, -0.2) is 0 Å². The molecule has 1 aromatic carbocycles. The summed E-state index contributed by atoms with van der Waals surface area (Å²) in [6.07, 6.45) is 0. The summed E-state index contributed by atoms with van der Waals surface area (Å²) < 4.78 is 0. The smallest absolute Gasteiger partial charge is 0.0422 e. The fraction of sp³-hybridized carbons (Fsp3) is 0.333. The van der Waals surface area contributed by atoms with Gasteiger partial charge in [0.1, 0.15) is 0 Å². The minimum Gasteiger partial charge on any atom is -0.399 e. The third-order valence-electron chi connectivity index (χ3n) is 2.07. The fourth-order valence-electron chi connectivity index (χ4n) is 1.20. The lowest BCUT2D eigenvalue weighted by molar-refractivity contribution is 0.732. The van der Waals surface area contributed by atoms with Crippen molar-refractivity contribution in [2.24, 2.45) is 11.5 Å². The Hall–Kier alpha value is -1.06. The Morgan fingerprint density at radius 2 is 2.08 bits per heavy atom. The average Bonchev–Trinajstić information content (AvgIpc) is 2.08. The molecule has 0 aliphatic rings. The molecule has 0 aliphatic heterocycles. The van der Waals surface area contributed by atoms with E-state index in [1.54, 1.807) is 0 Å². The Balaban J connectivity index is 3.07. The maximum Gasteiger partial charge on any atom is 0.0422 e. The molecule has 66 valence electrons. The fourth-order valence-corrected chi connectivity index (χ4v) is 1.20. The van der Waals surface area contributed by atoms with Gasteiger partial charge in [-0.2, -0.15) is 0 Å². The van der Waals surface area contributed by atoms with Gasteiger partial charge in [-0.05, 0) is 24.1 Å². The lowest BCUT2D eigenvalue weighted by Gasteiger charge is -2.13. The normalized spacial score (nSPS) is 12.9.